The summed E-state index contributed by atoms with van der Waals surface area (Å²) < 4.78 is 0. The number of benzene rings is 1. The molecule has 1 aliphatic heterocycles. The Kier molecular flexibility index (Phi) is 5.73. The second-order valence-corrected chi connectivity index (χ2v) is 6.01. The van der Waals surface area contributed by atoms with Gasteiger partial charge in [0.15, 0.2) is 5.78 Å². The maximum absolute atomic E-state index is 12.1. The average Bonchev–Trinajstić information content (AvgIpc) is 2.81. The molecule has 1 fully saturated rings. The fourth-order valence-electron chi connectivity index (χ4n) is 2.71. The minimum atomic E-state index is -0.396. The van der Waals surface area contributed by atoms with Gasteiger partial charge in [-0.2, -0.15) is 0 Å². The fraction of sp³-hybridized carbons (Fsp3) is 0.471. The van der Waals surface area contributed by atoms with Gasteiger partial charge in [0, 0.05) is 51.1 Å². The van der Waals surface area contributed by atoms with E-state index in [9.17, 15) is 14.9 Å². The van der Waals surface area contributed by atoms with Crippen molar-refractivity contribution in [2.24, 2.45) is 0 Å². The summed E-state index contributed by atoms with van der Waals surface area (Å²) in [6.45, 7) is 1.66. The van der Waals surface area contributed by atoms with Crippen LogP contribution in [-0.2, 0) is 0 Å². The van der Waals surface area contributed by atoms with Crippen molar-refractivity contribution in [1.82, 2.24) is 4.90 Å². The van der Waals surface area contributed by atoms with Crippen LogP contribution >= 0.6 is 0 Å². The highest BCUT2D eigenvalue weighted by Gasteiger charge is 2.22. The molecule has 1 aromatic carbocycles. The number of nitro benzene ring substituents is 1. The lowest BCUT2D eigenvalue weighted by molar-refractivity contribution is -0.384. The van der Waals surface area contributed by atoms with Crippen LogP contribution in [0.25, 0.3) is 0 Å². The zero-order chi connectivity index (χ0) is 16.8. The highest BCUT2D eigenvalue weighted by Crippen LogP contribution is 2.31. The zero-order valence-corrected chi connectivity index (χ0v) is 13.7. The Morgan fingerprint density at radius 2 is 1.87 bits per heavy atom. The normalized spacial score (nSPS) is 15.5. The van der Waals surface area contributed by atoms with Crippen molar-refractivity contribution in [3.8, 4) is 0 Å². The summed E-state index contributed by atoms with van der Waals surface area (Å²) in [5, 5.41) is 11.4. The lowest BCUT2D eigenvalue weighted by Gasteiger charge is -2.22. The molecule has 0 aromatic heterocycles. The minimum absolute atomic E-state index is 0.0102. The summed E-state index contributed by atoms with van der Waals surface area (Å²) in [7, 11) is 3.63. The van der Waals surface area contributed by atoms with Gasteiger partial charge < -0.3 is 9.80 Å². The maximum Gasteiger partial charge on any atom is 0.293 e. The van der Waals surface area contributed by atoms with Crippen LogP contribution in [0.1, 0.15) is 36.0 Å². The molecule has 0 radical (unpaired) electrons. The third-order valence-corrected chi connectivity index (χ3v) is 3.93. The Morgan fingerprint density at radius 3 is 2.43 bits per heavy atom. The largest absolute Gasteiger partial charge is 0.383 e. The first kappa shape index (κ1) is 17.0. The Bertz CT molecular complexity index is 603. The van der Waals surface area contributed by atoms with Crippen LogP contribution in [0, 0.1) is 10.1 Å². The predicted molar refractivity (Wildman–Crippen MR) is 90.9 cm³/mol. The van der Waals surface area contributed by atoms with Gasteiger partial charge in [0.1, 0.15) is 5.69 Å². The van der Waals surface area contributed by atoms with Crippen LogP contribution in [0.2, 0.25) is 0 Å². The third kappa shape index (κ3) is 4.55. The van der Waals surface area contributed by atoms with E-state index in [1.54, 1.807) is 23.2 Å². The second-order valence-electron chi connectivity index (χ2n) is 6.01. The molecule has 1 aromatic rings. The molecule has 23 heavy (non-hydrogen) atoms. The quantitative estimate of drug-likeness (QED) is 0.361. The molecule has 1 heterocycles. The molecule has 1 aliphatic rings. The van der Waals surface area contributed by atoms with E-state index in [1.807, 2.05) is 14.1 Å². The van der Waals surface area contributed by atoms with Gasteiger partial charge in [-0.1, -0.05) is 12.8 Å². The Morgan fingerprint density at radius 1 is 1.22 bits per heavy atom. The molecule has 0 spiro atoms. The predicted octanol–water partition coefficient (Wildman–Crippen LogP) is 3.23. The summed E-state index contributed by atoms with van der Waals surface area (Å²) in [6, 6.07) is 4.78. The van der Waals surface area contributed by atoms with Crippen LogP contribution in [0.15, 0.2) is 30.5 Å². The third-order valence-electron chi connectivity index (χ3n) is 3.93. The monoisotopic (exact) mass is 317 g/mol. The van der Waals surface area contributed by atoms with Gasteiger partial charge in [-0.15, -0.1) is 0 Å². The van der Waals surface area contributed by atoms with Crippen molar-refractivity contribution in [3.63, 3.8) is 0 Å². The average molecular weight is 317 g/mol. The molecular weight excluding hydrogens is 294 g/mol. The second kappa shape index (κ2) is 7.76. The number of hydrogen-bond acceptors (Lipinski definition) is 5. The lowest BCUT2D eigenvalue weighted by atomic mass is 10.1. The van der Waals surface area contributed by atoms with E-state index in [0.29, 0.717) is 11.3 Å². The van der Waals surface area contributed by atoms with Crippen molar-refractivity contribution in [2.75, 3.05) is 32.1 Å². The summed E-state index contributed by atoms with van der Waals surface area (Å²) in [5.74, 6) is -0.232. The van der Waals surface area contributed by atoms with E-state index in [2.05, 4.69) is 4.90 Å². The molecule has 6 nitrogen and oxygen atoms in total. The van der Waals surface area contributed by atoms with Crippen molar-refractivity contribution in [2.45, 2.75) is 25.7 Å². The van der Waals surface area contributed by atoms with Gasteiger partial charge in [-0.3, -0.25) is 14.9 Å². The SMILES string of the molecule is CN(C)/C=C/C(=O)c1ccc(N2CCCCCC2)c([N+](=O)[O-])c1. The van der Waals surface area contributed by atoms with E-state index in [1.165, 1.54) is 12.1 Å². The zero-order valence-electron chi connectivity index (χ0n) is 13.7. The number of nitro groups is 1. The molecule has 6 heteroatoms. The first-order valence-corrected chi connectivity index (χ1v) is 7.91. The highest BCUT2D eigenvalue weighted by atomic mass is 16.6. The summed E-state index contributed by atoms with van der Waals surface area (Å²) in [5.41, 5.74) is 0.967. The lowest BCUT2D eigenvalue weighted by Crippen LogP contribution is -2.24. The first-order chi connectivity index (χ1) is 11.0. The smallest absolute Gasteiger partial charge is 0.293 e. The number of carbonyl (C=O) groups is 1. The number of allylic oxidation sites excluding steroid dienone is 1. The van der Waals surface area contributed by atoms with E-state index < -0.39 is 4.92 Å². The van der Waals surface area contributed by atoms with Crippen molar-refractivity contribution >= 4 is 17.2 Å². The standard InChI is InChI=1S/C17H23N3O3/c1-18(2)12-9-17(21)14-7-8-15(16(13-14)20(22)23)19-10-5-3-4-6-11-19/h7-9,12-13H,3-6,10-11H2,1-2H3/b12-9+. The van der Waals surface area contributed by atoms with Crippen LogP contribution in [0.5, 0.6) is 0 Å². The molecule has 0 bridgehead atoms. The first-order valence-electron chi connectivity index (χ1n) is 7.91. The minimum Gasteiger partial charge on any atom is -0.383 e. The Hall–Kier alpha value is -2.37. The van der Waals surface area contributed by atoms with Gasteiger partial charge in [-0.25, -0.2) is 0 Å². The molecular formula is C17H23N3O3. The van der Waals surface area contributed by atoms with Crippen LogP contribution in [0.3, 0.4) is 0 Å². The molecule has 0 saturated carbocycles. The van der Waals surface area contributed by atoms with Gasteiger partial charge in [0.2, 0.25) is 0 Å². The molecule has 0 atom stereocenters. The fourth-order valence-corrected chi connectivity index (χ4v) is 2.71. The van der Waals surface area contributed by atoms with Crippen LogP contribution < -0.4 is 4.90 Å². The molecule has 0 unspecified atom stereocenters. The molecule has 2 rings (SSSR count). The van der Waals surface area contributed by atoms with E-state index in [0.717, 1.165) is 38.8 Å². The van der Waals surface area contributed by atoms with Crippen molar-refractivity contribution in [1.29, 1.82) is 0 Å². The van der Waals surface area contributed by atoms with E-state index in [4.69, 9.17) is 0 Å². The van der Waals surface area contributed by atoms with E-state index >= 15 is 0 Å². The Labute approximate surface area is 136 Å². The number of rotatable bonds is 5. The van der Waals surface area contributed by atoms with Crippen LogP contribution in [-0.4, -0.2) is 42.8 Å². The molecule has 1 saturated heterocycles. The molecule has 0 amide bonds. The summed E-state index contributed by atoms with van der Waals surface area (Å²) in [6.07, 6.45) is 7.47. The maximum atomic E-state index is 12.1. The van der Waals surface area contributed by atoms with Gasteiger partial charge in [-0.05, 0) is 25.0 Å². The number of nitrogens with zero attached hydrogens (tertiary/aromatic N) is 3. The van der Waals surface area contributed by atoms with Gasteiger partial charge in [0.05, 0.1) is 4.92 Å². The topological polar surface area (TPSA) is 66.7 Å². The van der Waals surface area contributed by atoms with Gasteiger partial charge >= 0.3 is 0 Å². The molecule has 0 N–H and O–H groups in total. The van der Waals surface area contributed by atoms with Crippen molar-refractivity contribution < 1.29 is 9.72 Å². The van der Waals surface area contributed by atoms with Crippen LogP contribution in [0.4, 0.5) is 11.4 Å². The Balaban J connectivity index is 2.31. The number of ketones is 1. The van der Waals surface area contributed by atoms with Crippen molar-refractivity contribution in [3.05, 3.63) is 46.2 Å². The van der Waals surface area contributed by atoms with Gasteiger partial charge in [0.25, 0.3) is 5.69 Å². The number of hydrogen-bond donors (Lipinski definition) is 0. The number of carbonyl (C=O) groups excluding carboxylic acids is 1. The molecule has 0 aliphatic carbocycles. The summed E-state index contributed by atoms with van der Waals surface area (Å²) >= 11 is 0. The number of anilines is 1. The molecule has 124 valence electrons. The van der Waals surface area contributed by atoms with E-state index in [-0.39, 0.29) is 11.5 Å². The summed E-state index contributed by atoms with van der Waals surface area (Å²) in [4.78, 5) is 27.0. The highest BCUT2D eigenvalue weighted by molar-refractivity contribution is 6.05.